The largest absolute Gasteiger partial charge is 0.467 e. The first-order valence-corrected chi connectivity index (χ1v) is 6.95. The van der Waals surface area contributed by atoms with E-state index in [2.05, 4.69) is 22.8 Å². The Bertz CT molecular complexity index is 685. The van der Waals surface area contributed by atoms with E-state index in [1.165, 1.54) is 10.1 Å². The molecule has 0 unspecified atom stereocenters. The van der Waals surface area contributed by atoms with Crippen molar-refractivity contribution in [3.63, 3.8) is 0 Å². The lowest BCUT2D eigenvalue weighted by Crippen LogP contribution is -2.24. The van der Waals surface area contributed by atoms with Crippen molar-refractivity contribution in [2.75, 3.05) is 0 Å². The molecule has 0 spiro atoms. The van der Waals surface area contributed by atoms with Gasteiger partial charge in [-0.2, -0.15) is 0 Å². The minimum Gasteiger partial charge on any atom is -0.467 e. The molecule has 96 valence electrons. The highest BCUT2D eigenvalue weighted by Crippen LogP contribution is 2.25. The zero-order chi connectivity index (χ0) is 13.1. The van der Waals surface area contributed by atoms with Gasteiger partial charge < -0.3 is 9.73 Å². The summed E-state index contributed by atoms with van der Waals surface area (Å²) in [5.74, 6) is 0.781. The number of fused-ring (bicyclic) bond motifs is 1. The quantitative estimate of drug-likeness (QED) is 0.790. The van der Waals surface area contributed by atoms with E-state index in [9.17, 15) is 4.79 Å². The predicted molar refractivity (Wildman–Crippen MR) is 76.1 cm³/mol. The fourth-order valence-corrected chi connectivity index (χ4v) is 2.97. The van der Waals surface area contributed by atoms with Crippen LogP contribution in [-0.4, -0.2) is 5.91 Å². The zero-order valence-electron chi connectivity index (χ0n) is 10.3. The minimum atomic E-state index is 0.0138. The van der Waals surface area contributed by atoms with Crippen molar-refractivity contribution in [1.82, 2.24) is 5.32 Å². The Labute approximate surface area is 114 Å². The summed E-state index contributed by atoms with van der Waals surface area (Å²) in [5, 5.41) is 6.08. The fraction of sp³-hybridized carbons (Fsp3) is 0.133. The highest BCUT2D eigenvalue weighted by Gasteiger charge is 2.08. The molecule has 19 heavy (non-hydrogen) atoms. The van der Waals surface area contributed by atoms with Gasteiger partial charge in [-0.05, 0) is 34.5 Å². The standard InChI is InChI=1S/C15H13NO2S/c17-15(16-9-12-4-3-7-18-12)8-11-10-19-14-6-2-1-5-13(11)14/h1-7,10H,8-9H2,(H,16,17). The van der Waals surface area contributed by atoms with E-state index in [4.69, 9.17) is 4.42 Å². The molecule has 3 aromatic rings. The molecule has 0 aliphatic heterocycles. The second-order valence-electron chi connectivity index (χ2n) is 4.29. The number of furan rings is 1. The number of rotatable bonds is 4. The van der Waals surface area contributed by atoms with E-state index in [1.54, 1.807) is 17.6 Å². The molecule has 0 aliphatic carbocycles. The third-order valence-electron chi connectivity index (χ3n) is 2.95. The summed E-state index contributed by atoms with van der Waals surface area (Å²) in [6, 6.07) is 11.8. The maximum absolute atomic E-state index is 11.9. The summed E-state index contributed by atoms with van der Waals surface area (Å²) in [4.78, 5) is 11.9. The van der Waals surface area contributed by atoms with Crippen molar-refractivity contribution in [2.45, 2.75) is 13.0 Å². The second-order valence-corrected chi connectivity index (χ2v) is 5.20. The Balaban J connectivity index is 1.66. The van der Waals surface area contributed by atoms with Gasteiger partial charge in [-0.15, -0.1) is 11.3 Å². The molecule has 3 nitrogen and oxygen atoms in total. The zero-order valence-corrected chi connectivity index (χ0v) is 11.1. The fourth-order valence-electron chi connectivity index (χ4n) is 2.00. The van der Waals surface area contributed by atoms with Crippen molar-refractivity contribution < 1.29 is 9.21 Å². The average molecular weight is 271 g/mol. The van der Waals surface area contributed by atoms with Gasteiger partial charge in [0.1, 0.15) is 5.76 Å². The van der Waals surface area contributed by atoms with Gasteiger partial charge in [-0.3, -0.25) is 4.79 Å². The highest BCUT2D eigenvalue weighted by atomic mass is 32.1. The molecule has 1 amide bonds. The molecular weight excluding hydrogens is 258 g/mol. The average Bonchev–Trinajstić information content (AvgIpc) is 3.07. The normalized spacial score (nSPS) is 10.7. The molecule has 0 atom stereocenters. The van der Waals surface area contributed by atoms with Gasteiger partial charge in [0, 0.05) is 4.70 Å². The first-order chi connectivity index (χ1) is 9.33. The second kappa shape index (κ2) is 5.28. The maximum atomic E-state index is 11.9. The summed E-state index contributed by atoms with van der Waals surface area (Å²) in [6.07, 6.45) is 2.01. The third-order valence-corrected chi connectivity index (χ3v) is 3.96. The number of thiophene rings is 1. The van der Waals surface area contributed by atoms with Gasteiger partial charge in [-0.25, -0.2) is 0 Å². The monoisotopic (exact) mass is 271 g/mol. The Morgan fingerprint density at radius 1 is 1.21 bits per heavy atom. The van der Waals surface area contributed by atoms with Crippen LogP contribution >= 0.6 is 11.3 Å². The third kappa shape index (κ3) is 2.69. The smallest absolute Gasteiger partial charge is 0.224 e. The Kier molecular flexibility index (Phi) is 3.33. The summed E-state index contributed by atoms with van der Waals surface area (Å²) in [5.41, 5.74) is 1.08. The van der Waals surface area contributed by atoms with E-state index in [0.29, 0.717) is 13.0 Å². The van der Waals surface area contributed by atoms with Crippen LogP contribution in [0.25, 0.3) is 10.1 Å². The Morgan fingerprint density at radius 2 is 2.11 bits per heavy atom. The maximum Gasteiger partial charge on any atom is 0.224 e. The van der Waals surface area contributed by atoms with Gasteiger partial charge in [0.05, 0.1) is 19.2 Å². The van der Waals surface area contributed by atoms with E-state index < -0.39 is 0 Å². The Hall–Kier alpha value is -2.07. The molecule has 0 aliphatic rings. The van der Waals surface area contributed by atoms with Crippen LogP contribution < -0.4 is 5.32 Å². The Morgan fingerprint density at radius 3 is 2.95 bits per heavy atom. The number of nitrogens with one attached hydrogen (secondary N) is 1. The van der Waals surface area contributed by atoms with Crippen molar-refractivity contribution in [3.8, 4) is 0 Å². The van der Waals surface area contributed by atoms with E-state index in [1.807, 2.05) is 24.3 Å². The van der Waals surface area contributed by atoms with Crippen LogP contribution in [0.3, 0.4) is 0 Å². The lowest BCUT2D eigenvalue weighted by Gasteiger charge is -2.02. The topological polar surface area (TPSA) is 42.2 Å². The molecule has 2 heterocycles. The number of benzene rings is 1. The summed E-state index contributed by atoms with van der Waals surface area (Å²) < 4.78 is 6.40. The van der Waals surface area contributed by atoms with Crippen molar-refractivity contribution >= 4 is 27.3 Å². The van der Waals surface area contributed by atoms with E-state index >= 15 is 0 Å². The lowest BCUT2D eigenvalue weighted by molar-refractivity contribution is -0.120. The number of amides is 1. The molecule has 2 aromatic heterocycles. The van der Waals surface area contributed by atoms with Crippen LogP contribution in [0.2, 0.25) is 0 Å². The summed E-state index contributed by atoms with van der Waals surface area (Å²) in [7, 11) is 0. The van der Waals surface area contributed by atoms with Crippen LogP contribution in [0.4, 0.5) is 0 Å². The van der Waals surface area contributed by atoms with Gasteiger partial charge in [0.25, 0.3) is 0 Å². The molecule has 1 aromatic carbocycles. The molecular formula is C15H13NO2S. The SMILES string of the molecule is O=C(Cc1csc2ccccc12)NCc1ccco1. The van der Waals surface area contributed by atoms with Crippen LogP contribution in [0.5, 0.6) is 0 Å². The number of hydrogen-bond donors (Lipinski definition) is 1. The van der Waals surface area contributed by atoms with Gasteiger partial charge >= 0.3 is 0 Å². The predicted octanol–water partition coefficient (Wildman–Crippen LogP) is 3.35. The molecule has 0 radical (unpaired) electrons. The van der Waals surface area contributed by atoms with E-state index in [-0.39, 0.29) is 5.91 Å². The molecule has 0 bridgehead atoms. The van der Waals surface area contributed by atoms with Crippen LogP contribution in [0.1, 0.15) is 11.3 Å². The molecule has 3 rings (SSSR count). The van der Waals surface area contributed by atoms with Crippen molar-refractivity contribution in [3.05, 3.63) is 59.4 Å². The summed E-state index contributed by atoms with van der Waals surface area (Å²) >= 11 is 1.67. The van der Waals surface area contributed by atoms with Crippen LogP contribution in [0, 0.1) is 0 Å². The summed E-state index contributed by atoms with van der Waals surface area (Å²) in [6.45, 7) is 0.438. The van der Waals surface area contributed by atoms with Crippen molar-refractivity contribution in [1.29, 1.82) is 0 Å². The molecule has 0 saturated carbocycles. The highest BCUT2D eigenvalue weighted by molar-refractivity contribution is 7.17. The number of hydrogen-bond acceptors (Lipinski definition) is 3. The molecule has 0 fully saturated rings. The number of carbonyl (C=O) groups is 1. The number of carbonyl (C=O) groups excluding carboxylic acids is 1. The van der Waals surface area contributed by atoms with Crippen LogP contribution in [-0.2, 0) is 17.8 Å². The first-order valence-electron chi connectivity index (χ1n) is 6.07. The molecule has 4 heteroatoms. The molecule has 0 saturated heterocycles. The first kappa shape index (κ1) is 12.0. The van der Waals surface area contributed by atoms with Gasteiger partial charge in [0.15, 0.2) is 0 Å². The van der Waals surface area contributed by atoms with Crippen molar-refractivity contribution in [2.24, 2.45) is 0 Å². The molecule has 1 N–H and O–H groups in total. The van der Waals surface area contributed by atoms with E-state index in [0.717, 1.165) is 11.3 Å². The van der Waals surface area contributed by atoms with Gasteiger partial charge in [0.2, 0.25) is 5.91 Å². The minimum absolute atomic E-state index is 0.0138. The lowest BCUT2D eigenvalue weighted by atomic mass is 10.1. The van der Waals surface area contributed by atoms with Gasteiger partial charge in [-0.1, -0.05) is 18.2 Å². The van der Waals surface area contributed by atoms with Crippen LogP contribution in [0.15, 0.2) is 52.5 Å².